The van der Waals surface area contributed by atoms with Crippen molar-refractivity contribution in [3.63, 3.8) is 0 Å². The molecule has 1 saturated heterocycles. The number of anilines is 1. The maximum Gasteiger partial charge on any atom is 0.254 e. The number of rotatable bonds is 3. The summed E-state index contributed by atoms with van der Waals surface area (Å²) in [6, 6.07) is 18.5. The van der Waals surface area contributed by atoms with E-state index in [1.54, 1.807) is 24.3 Å². The van der Waals surface area contributed by atoms with Crippen LogP contribution >= 0.6 is 0 Å². The second-order valence-electron chi connectivity index (χ2n) is 5.28. The van der Waals surface area contributed by atoms with E-state index in [2.05, 4.69) is 5.32 Å². The summed E-state index contributed by atoms with van der Waals surface area (Å²) in [6.07, 6.45) is 0. The van der Waals surface area contributed by atoms with Gasteiger partial charge in [-0.25, -0.2) is 10.9 Å². The molecule has 1 aliphatic heterocycles. The molecule has 0 bridgehead atoms. The Hall–Kier alpha value is -2.66. The van der Waals surface area contributed by atoms with Crippen molar-refractivity contribution in [2.45, 2.75) is 5.92 Å². The first-order valence-corrected chi connectivity index (χ1v) is 7.15. The maximum atomic E-state index is 12.7. The van der Waals surface area contributed by atoms with Gasteiger partial charge in [0.1, 0.15) is 5.92 Å². The largest absolute Gasteiger partial charge is 0.355 e. The molecule has 2 atom stereocenters. The van der Waals surface area contributed by atoms with E-state index in [9.17, 15) is 9.59 Å². The fourth-order valence-corrected chi connectivity index (χ4v) is 2.78. The van der Waals surface area contributed by atoms with Crippen LogP contribution in [0.4, 0.5) is 5.69 Å². The van der Waals surface area contributed by atoms with Gasteiger partial charge in [-0.1, -0.05) is 48.5 Å². The number of benzene rings is 2. The first-order chi connectivity index (χ1) is 10.7. The van der Waals surface area contributed by atoms with Crippen molar-refractivity contribution in [2.24, 2.45) is 11.8 Å². The van der Waals surface area contributed by atoms with Gasteiger partial charge in [-0.05, 0) is 17.7 Å². The molecule has 112 valence electrons. The van der Waals surface area contributed by atoms with E-state index in [0.29, 0.717) is 12.2 Å². The average molecular weight is 295 g/mol. The van der Waals surface area contributed by atoms with Gasteiger partial charge in [-0.15, -0.1) is 0 Å². The first kappa shape index (κ1) is 14.3. The zero-order chi connectivity index (χ0) is 15.5. The molecule has 0 radical (unpaired) electrons. The summed E-state index contributed by atoms with van der Waals surface area (Å²) in [5.74, 6) is 4.26. The Kier molecular flexibility index (Phi) is 3.89. The molecule has 1 fully saturated rings. The van der Waals surface area contributed by atoms with Gasteiger partial charge in [0, 0.05) is 12.5 Å². The van der Waals surface area contributed by atoms with Crippen LogP contribution in [0.5, 0.6) is 0 Å². The van der Waals surface area contributed by atoms with E-state index in [1.807, 2.05) is 36.4 Å². The van der Waals surface area contributed by atoms with Gasteiger partial charge in [-0.2, -0.15) is 0 Å². The highest BCUT2D eigenvalue weighted by molar-refractivity contribution is 6.09. The SMILES string of the molecule is NN(C(=O)C1C(=O)NCC1c1ccccc1)c1ccccc1. The molecule has 5 nitrogen and oxygen atoms in total. The van der Waals surface area contributed by atoms with Gasteiger partial charge in [0.15, 0.2) is 0 Å². The highest BCUT2D eigenvalue weighted by atomic mass is 16.2. The Balaban J connectivity index is 1.88. The minimum atomic E-state index is -0.799. The topological polar surface area (TPSA) is 75.4 Å². The van der Waals surface area contributed by atoms with E-state index in [1.165, 1.54) is 0 Å². The molecule has 2 amide bonds. The van der Waals surface area contributed by atoms with Crippen LogP contribution in [0.1, 0.15) is 11.5 Å². The van der Waals surface area contributed by atoms with Crippen molar-refractivity contribution in [3.05, 3.63) is 66.2 Å². The number of para-hydroxylation sites is 1. The molecule has 3 N–H and O–H groups in total. The smallest absolute Gasteiger partial charge is 0.254 e. The number of amides is 2. The number of nitrogens with zero attached hydrogens (tertiary/aromatic N) is 1. The number of hydrogen-bond donors (Lipinski definition) is 2. The van der Waals surface area contributed by atoms with Gasteiger partial charge in [0.05, 0.1) is 5.69 Å². The van der Waals surface area contributed by atoms with Gasteiger partial charge in [-0.3, -0.25) is 9.59 Å². The Labute approximate surface area is 128 Å². The normalized spacial score (nSPS) is 20.5. The number of hydrogen-bond acceptors (Lipinski definition) is 3. The van der Waals surface area contributed by atoms with Crippen LogP contribution in [0, 0.1) is 5.92 Å². The van der Waals surface area contributed by atoms with E-state index < -0.39 is 11.8 Å². The number of carbonyl (C=O) groups excluding carboxylic acids is 2. The molecule has 1 heterocycles. The number of nitrogens with two attached hydrogens (primary N) is 1. The third-order valence-electron chi connectivity index (χ3n) is 3.95. The summed E-state index contributed by atoms with van der Waals surface area (Å²) >= 11 is 0. The molecular weight excluding hydrogens is 278 g/mol. The Morgan fingerprint density at radius 2 is 1.64 bits per heavy atom. The van der Waals surface area contributed by atoms with E-state index >= 15 is 0 Å². The molecule has 2 aromatic carbocycles. The molecule has 2 aromatic rings. The standard InChI is InChI=1S/C17H17N3O2/c18-20(13-9-5-2-6-10-13)17(22)15-14(11-19-16(15)21)12-7-3-1-4-8-12/h1-10,14-15H,11,18H2,(H,19,21). The second-order valence-corrected chi connectivity index (χ2v) is 5.28. The lowest BCUT2D eigenvalue weighted by Crippen LogP contribution is -2.45. The van der Waals surface area contributed by atoms with Crippen molar-refractivity contribution < 1.29 is 9.59 Å². The number of carbonyl (C=O) groups is 2. The average Bonchev–Trinajstić information content (AvgIpc) is 2.96. The van der Waals surface area contributed by atoms with Crippen molar-refractivity contribution >= 4 is 17.5 Å². The minimum Gasteiger partial charge on any atom is -0.355 e. The maximum absolute atomic E-state index is 12.7. The molecule has 1 aliphatic rings. The van der Waals surface area contributed by atoms with E-state index in [-0.39, 0.29) is 11.8 Å². The number of nitrogens with one attached hydrogen (secondary N) is 1. The fraction of sp³-hybridized carbons (Fsp3) is 0.176. The third-order valence-corrected chi connectivity index (χ3v) is 3.95. The predicted octanol–water partition coefficient (Wildman–Crippen LogP) is 1.42. The van der Waals surface area contributed by atoms with Crippen LogP contribution in [0.15, 0.2) is 60.7 Å². The van der Waals surface area contributed by atoms with E-state index in [0.717, 1.165) is 10.6 Å². The van der Waals surface area contributed by atoms with Gasteiger partial charge < -0.3 is 5.32 Å². The molecule has 3 rings (SSSR count). The third kappa shape index (κ3) is 2.58. The van der Waals surface area contributed by atoms with Crippen LogP contribution in [0.3, 0.4) is 0 Å². The van der Waals surface area contributed by atoms with Crippen molar-refractivity contribution in [2.75, 3.05) is 11.6 Å². The zero-order valence-corrected chi connectivity index (χ0v) is 12.0. The zero-order valence-electron chi connectivity index (χ0n) is 12.0. The summed E-state index contributed by atoms with van der Waals surface area (Å²) in [6.45, 7) is 0.446. The first-order valence-electron chi connectivity index (χ1n) is 7.15. The summed E-state index contributed by atoms with van der Waals surface area (Å²) in [7, 11) is 0. The van der Waals surface area contributed by atoms with Crippen LogP contribution in [0.25, 0.3) is 0 Å². The Morgan fingerprint density at radius 3 is 2.27 bits per heavy atom. The van der Waals surface area contributed by atoms with Crippen LogP contribution in [-0.4, -0.2) is 18.4 Å². The summed E-state index contributed by atoms with van der Waals surface area (Å²) in [5, 5.41) is 3.82. The predicted molar refractivity (Wildman–Crippen MR) is 83.8 cm³/mol. The summed E-state index contributed by atoms with van der Waals surface area (Å²) in [4.78, 5) is 24.8. The molecule has 0 spiro atoms. The minimum absolute atomic E-state index is 0.198. The summed E-state index contributed by atoms with van der Waals surface area (Å²) in [5.41, 5.74) is 1.53. The summed E-state index contributed by atoms with van der Waals surface area (Å²) < 4.78 is 0. The highest BCUT2D eigenvalue weighted by Crippen LogP contribution is 2.30. The van der Waals surface area contributed by atoms with Gasteiger partial charge in [0.2, 0.25) is 5.91 Å². The van der Waals surface area contributed by atoms with E-state index in [4.69, 9.17) is 5.84 Å². The van der Waals surface area contributed by atoms with Crippen molar-refractivity contribution in [1.82, 2.24) is 5.32 Å². The fourth-order valence-electron chi connectivity index (χ4n) is 2.78. The lowest BCUT2D eigenvalue weighted by molar-refractivity contribution is -0.131. The molecular formula is C17H17N3O2. The van der Waals surface area contributed by atoms with Crippen molar-refractivity contribution in [1.29, 1.82) is 0 Å². The molecule has 5 heteroatoms. The molecule has 0 saturated carbocycles. The lowest BCUT2D eigenvalue weighted by atomic mass is 9.87. The van der Waals surface area contributed by atoms with Crippen LogP contribution in [-0.2, 0) is 9.59 Å². The highest BCUT2D eigenvalue weighted by Gasteiger charge is 2.42. The monoisotopic (exact) mass is 295 g/mol. The van der Waals surface area contributed by atoms with Crippen molar-refractivity contribution in [3.8, 4) is 0 Å². The van der Waals surface area contributed by atoms with Crippen LogP contribution < -0.4 is 16.2 Å². The van der Waals surface area contributed by atoms with Gasteiger partial charge in [0.25, 0.3) is 5.91 Å². The van der Waals surface area contributed by atoms with Crippen LogP contribution in [0.2, 0.25) is 0 Å². The lowest BCUT2D eigenvalue weighted by Gasteiger charge is -2.23. The number of hydrazine groups is 1. The molecule has 2 unspecified atom stereocenters. The Bertz CT molecular complexity index is 673. The quantitative estimate of drug-likeness (QED) is 0.389. The molecule has 0 aromatic heterocycles. The second kappa shape index (κ2) is 5.99. The molecule has 22 heavy (non-hydrogen) atoms. The Morgan fingerprint density at radius 1 is 1.05 bits per heavy atom. The molecule has 0 aliphatic carbocycles. The van der Waals surface area contributed by atoms with Gasteiger partial charge >= 0.3 is 0 Å².